The molecule has 2 atom stereocenters. The molecule has 3 aliphatic rings. The van der Waals surface area contributed by atoms with Crippen LogP contribution < -0.4 is 5.17 Å². The van der Waals surface area contributed by atoms with E-state index in [9.17, 15) is 14.6 Å². The molecule has 2 saturated heterocycles. The number of hydrogen-bond acceptors (Lipinski definition) is 6. The lowest BCUT2D eigenvalue weighted by Crippen LogP contribution is -3.13. The number of benzene rings is 1. The number of nitrogens with zero attached hydrogens (tertiary/aromatic N) is 2. The molecule has 0 bridgehead atoms. The van der Waals surface area contributed by atoms with Crippen LogP contribution in [0.5, 0.6) is 0 Å². The van der Waals surface area contributed by atoms with Crippen molar-refractivity contribution in [1.82, 2.24) is 9.91 Å². The summed E-state index contributed by atoms with van der Waals surface area (Å²) in [6.45, 7) is 1.95. The highest BCUT2D eigenvalue weighted by Crippen LogP contribution is 2.27. The van der Waals surface area contributed by atoms with E-state index in [1.165, 1.54) is 0 Å². The van der Waals surface area contributed by atoms with Crippen LogP contribution >= 0.6 is 0 Å². The maximum Gasteiger partial charge on any atom is 0.343 e. The summed E-state index contributed by atoms with van der Waals surface area (Å²) >= 11 is -1.23. The number of quaternary nitrogens is 1. The Labute approximate surface area is 148 Å². The molecule has 8 heteroatoms. The quantitative estimate of drug-likeness (QED) is 0.474. The molecule has 25 heavy (non-hydrogen) atoms. The normalized spacial score (nSPS) is 25.9. The van der Waals surface area contributed by atoms with Crippen LogP contribution in [0.3, 0.4) is 0 Å². The van der Waals surface area contributed by atoms with Crippen molar-refractivity contribution in [3.05, 3.63) is 63.8 Å². The highest BCUT2D eigenvalue weighted by atomic mass is 32.2. The van der Waals surface area contributed by atoms with E-state index in [0.717, 1.165) is 25.9 Å². The molecule has 1 aromatic carbocycles. The van der Waals surface area contributed by atoms with Crippen molar-refractivity contribution in [2.45, 2.75) is 12.8 Å². The van der Waals surface area contributed by atoms with E-state index in [2.05, 4.69) is 0 Å². The fraction of sp³-hybridized carbons (Fsp3) is 0.353. The minimum Gasteiger partial charge on any atom is -0.610 e. The Morgan fingerprint density at radius 3 is 2.60 bits per heavy atom. The zero-order valence-electron chi connectivity index (χ0n) is 13.6. The molecule has 0 aromatic heterocycles. The Morgan fingerprint density at radius 1 is 1.16 bits per heavy atom. The molecule has 0 radical (unpaired) electrons. The Bertz CT molecular complexity index is 731. The van der Waals surface area contributed by atoms with Crippen LogP contribution in [0.2, 0.25) is 0 Å². The number of allylic oxidation sites excluding steroid dienone is 1. The number of carbonyl (C=O) groups excluding carboxylic acids is 1. The summed E-state index contributed by atoms with van der Waals surface area (Å²) < 4.78 is 17.7. The van der Waals surface area contributed by atoms with E-state index in [4.69, 9.17) is 4.74 Å². The third-order valence-electron chi connectivity index (χ3n) is 4.57. The van der Waals surface area contributed by atoms with Gasteiger partial charge in [0.25, 0.3) is 10.9 Å². The van der Waals surface area contributed by atoms with E-state index in [-0.39, 0.29) is 10.9 Å². The third kappa shape index (κ3) is 3.02. The van der Waals surface area contributed by atoms with Gasteiger partial charge < -0.3 is 19.4 Å². The summed E-state index contributed by atoms with van der Waals surface area (Å²) in [5.41, 5.74) is 0.414. The number of esters is 1. The SMILES string of the molecule is O=C(OC1=C(N2CCCC2)[NH+]([O-])N2CC[S+]([O-])C2=C1)c1ccccc1. The lowest BCUT2D eigenvalue weighted by molar-refractivity contribution is -0.937. The molecular weight excluding hydrogens is 342 g/mol. The van der Waals surface area contributed by atoms with Crippen molar-refractivity contribution >= 4 is 17.1 Å². The first-order valence-corrected chi connectivity index (χ1v) is 9.65. The lowest BCUT2D eigenvalue weighted by atomic mass is 10.2. The van der Waals surface area contributed by atoms with Gasteiger partial charge in [0, 0.05) is 24.3 Å². The molecule has 1 N–H and O–H groups in total. The predicted octanol–water partition coefficient (Wildman–Crippen LogP) is 0.325. The molecule has 0 saturated carbocycles. The fourth-order valence-corrected chi connectivity index (χ4v) is 4.53. The van der Waals surface area contributed by atoms with Crippen LogP contribution in [0.25, 0.3) is 0 Å². The molecule has 4 rings (SSSR count). The highest BCUT2D eigenvalue weighted by Gasteiger charge is 2.44. The zero-order chi connectivity index (χ0) is 17.4. The van der Waals surface area contributed by atoms with Gasteiger partial charge in [-0.05, 0) is 25.0 Å². The molecule has 3 heterocycles. The summed E-state index contributed by atoms with van der Waals surface area (Å²) in [5, 5.41) is 14.7. The summed E-state index contributed by atoms with van der Waals surface area (Å²) in [7, 11) is 0. The van der Waals surface area contributed by atoms with Crippen LogP contribution in [0, 0.1) is 5.21 Å². The van der Waals surface area contributed by atoms with Crippen molar-refractivity contribution in [2.75, 3.05) is 25.4 Å². The molecule has 132 valence electrons. The van der Waals surface area contributed by atoms with Crippen LogP contribution in [-0.2, 0) is 15.9 Å². The van der Waals surface area contributed by atoms with E-state index < -0.39 is 17.1 Å². The van der Waals surface area contributed by atoms with Crippen molar-refractivity contribution in [2.24, 2.45) is 0 Å². The van der Waals surface area contributed by atoms with Crippen LogP contribution in [-0.4, -0.2) is 45.8 Å². The number of carbonyl (C=O) groups is 1. The van der Waals surface area contributed by atoms with Gasteiger partial charge in [0.2, 0.25) is 5.76 Å². The summed E-state index contributed by atoms with van der Waals surface area (Å²) in [6.07, 6.45) is 3.59. The van der Waals surface area contributed by atoms with E-state index >= 15 is 0 Å². The van der Waals surface area contributed by atoms with E-state index in [0.29, 0.717) is 28.7 Å². The second-order valence-corrected chi connectivity index (χ2v) is 7.67. The second kappa shape index (κ2) is 6.72. The number of rotatable bonds is 3. The minimum absolute atomic E-state index is 0.210. The lowest BCUT2D eigenvalue weighted by Gasteiger charge is -2.38. The Kier molecular flexibility index (Phi) is 4.43. The van der Waals surface area contributed by atoms with Gasteiger partial charge in [-0.3, -0.25) is 0 Å². The van der Waals surface area contributed by atoms with Gasteiger partial charge in [0.1, 0.15) is 12.3 Å². The van der Waals surface area contributed by atoms with Crippen LogP contribution in [0.15, 0.2) is 53.0 Å². The minimum atomic E-state index is -1.23. The third-order valence-corrected chi connectivity index (χ3v) is 5.93. The van der Waals surface area contributed by atoms with Crippen LogP contribution in [0.4, 0.5) is 0 Å². The van der Waals surface area contributed by atoms with Gasteiger partial charge in [-0.15, -0.1) is 0 Å². The van der Waals surface area contributed by atoms with E-state index in [1.807, 2.05) is 11.0 Å². The number of fused-ring (bicyclic) bond motifs is 1. The summed E-state index contributed by atoms with van der Waals surface area (Å²) in [4.78, 5) is 14.4. The Morgan fingerprint density at radius 2 is 1.88 bits per heavy atom. The molecule has 3 aliphatic heterocycles. The van der Waals surface area contributed by atoms with E-state index in [1.54, 1.807) is 35.4 Å². The summed E-state index contributed by atoms with van der Waals surface area (Å²) in [6, 6.07) is 8.65. The first-order valence-electron chi connectivity index (χ1n) is 8.33. The molecule has 1 aromatic rings. The predicted molar refractivity (Wildman–Crippen MR) is 91.8 cm³/mol. The smallest absolute Gasteiger partial charge is 0.343 e. The van der Waals surface area contributed by atoms with Gasteiger partial charge in [-0.1, -0.05) is 18.2 Å². The van der Waals surface area contributed by atoms with Gasteiger partial charge in [-0.25, -0.2) is 9.97 Å². The number of likely N-dealkylation sites (tertiary alicyclic amines) is 1. The van der Waals surface area contributed by atoms with Crippen molar-refractivity contribution < 1.29 is 19.3 Å². The number of ether oxygens (including phenoxy) is 1. The van der Waals surface area contributed by atoms with Gasteiger partial charge >= 0.3 is 5.97 Å². The Balaban J connectivity index is 1.70. The monoisotopic (exact) mass is 361 g/mol. The summed E-state index contributed by atoms with van der Waals surface area (Å²) in [5.74, 6) is 0.519. The maximum absolute atomic E-state index is 12.9. The molecule has 0 aliphatic carbocycles. The first kappa shape index (κ1) is 16.5. The molecule has 7 nitrogen and oxygen atoms in total. The molecular formula is C17H19N3O4S. The maximum atomic E-state index is 12.9. The highest BCUT2D eigenvalue weighted by molar-refractivity contribution is 7.95. The zero-order valence-corrected chi connectivity index (χ0v) is 14.5. The fourth-order valence-electron chi connectivity index (χ4n) is 3.31. The van der Waals surface area contributed by atoms with Gasteiger partial charge in [0.05, 0.1) is 11.6 Å². The average Bonchev–Trinajstić information content (AvgIpc) is 3.27. The largest absolute Gasteiger partial charge is 0.610 e. The van der Waals surface area contributed by atoms with Crippen molar-refractivity contribution in [3.8, 4) is 0 Å². The van der Waals surface area contributed by atoms with Gasteiger partial charge in [0.15, 0.2) is 0 Å². The molecule has 2 fully saturated rings. The van der Waals surface area contributed by atoms with Crippen LogP contribution in [0.1, 0.15) is 23.2 Å². The number of nitrogens with one attached hydrogen (secondary N) is 1. The molecule has 0 spiro atoms. The Hall–Kier alpha value is -2.00. The standard InChI is InChI=1S/C17H19N3O4S/c21-17(13-6-2-1-3-7-13)24-14-12-15-19(10-11-25(15)23)20(22)16(14)18-8-4-5-9-18/h1-3,6-7,12,20H,4-5,8-11H2. The average molecular weight is 361 g/mol. The van der Waals surface area contributed by atoms with Crippen molar-refractivity contribution in [3.63, 3.8) is 0 Å². The molecule has 0 amide bonds. The van der Waals surface area contributed by atoms with Gasteiger partial charge in [-0.2, -0.15) is 5.01 Å². The first-order chi connectivity index (χ1) is 12.1. The number of hydrogen-bond donors (Lipinski definition) is 1. The molecule has 2 unspecified atom stereocenters. The number of hydroxylamine groups is 1. The topological polar surface area (TPSA) is 83.3 Å². The van der Waals surface area contributed by atoms with Crippen molar-refractivity contribution in [1.29, 1.82) is 0 Å². The second-order valence-electron chi connectivity index (χ2n) is 6.15.